The number of amides is 1. The average Bonchev–Trinajstić information content (AvgIpc) is 2.70. The van der Waals surface area contributed by atoms with Gasteiger partial charge in [-0.15, -0.1) is 0 Å². The third-order valence-corrected chi connectivity index (χ3v) is 7.34. The number of nitrogens with one attached hydrogen (secondary N) is 1. The van der Waals surface area contributed by atoms with E-state index in [9.17, 15) is 13.2 Å². The summed E-state index contributed by atoms with van der Waals surface area (Å²) in [4.78, 5) is 12.4. The first-order valence-electron chi connectivity index (χ1n) is 9.31. The first-order valence-corrected chi connectivity index (χ1v) is 11.5. The van der Waals surface area contributed by atoms with Crippen molar-refractivity contribution in [2.75, 3.05) is 14.2 Å². The van der Waals surface area contributed by atoms with Crippen molar-refractivity contribution >= 4 is 31.9 Å². The topological polar surface area (TPSA) is 75.7 Å². The molecule has 0 aliphatic heterocycles. The number of carbonyl (C=O) groups excluding carboxylic acids is 1. The van der Waals surface area contributed by atoms with E-state index in [0.717, 1.165) is 21.3 Å². The minimum Gasteiger partial charge on any atom is -0.496 e. The highest BCUT2D eigenvalue weighted by molar-refractivity contribution is 9.10. The summed E-state index contributed by atoms with van der Waals surface area (Å²) in [7, 11) is -0.327. The second-order valence-electron chi connectivity index (χ2n) is 7.00. The predicted molar refractivity (Wildman–Crippen MR) is 117 cm³/mol. The molecular weight excluding hydrogens is 456 g/mol. The van der Waals surface area contributed by atoms with Crippen LogP contribution < -0.4 is 10.1 Å². The van der Waals surface area contributed by atoms with Gasteiger partial charge in [0, 0.05) is 26.1 Å². The number of aryl methyl sites for hydroxylation is 1. The number of carbonyl (C=O) groups is 1. The van der Waals surface area contributed by atoms with E-state index < -0.39 is 10.0 Å². The van der Waals surface area contributed by atoms with E-state index >= 15 is 0 Å². The third-order valence-electron chi connectivity index (χ3n) is 4.67. The van der Waals surface area contributed by atoms with E-state index in [0.29, 0.717) is 19.4 Å². The molecule has 0 aliphatic rings. The lowest BCUT2D eigenvalue weighted by atomic mass is 10.1. The predicted octanol–water partition coefficient (Wildman–Crippen LogP) is 3.74. The number of ether oxygens (including phenoxy) is 1. The van der Waals surface area contributed by atoms with Crippen molar-refractivity contribution in [3.63, 3.8) is 0 Å². The molecule has 0 unspecified atom stereocenters. The van der Waals surface area contributed by atoms with Crippen molar-refractivity contribution in [1.82, 2.24) is 9.62 Å². The lowest BCUT2D eigenvalue weighted by Gasteiger charge is -2.21. The van der Waals surface area contributed by atoms with Crippen LogP contribution >= 0.6 is 15.9 Å². The number of hydrogen-bond acceptors (Lipinski definition) is 4. The number of hydrogen-bond donors (Lipinski definition) is 1. The summed E-state index contributed by atoms with van der Waals surface area (Å²) >= 11 is 3.44. The van der Waals surface area contributed by atoms with E-state index in [1.807, 2.05) is 32.0 Å². The number of nitrogens with zero attached hydrogens (tertiary/aromatic N) is 1. The summed E-state index contributed by atoms with van der Waals surface area (Å²) in [6.45, 7) is 4.00. The Labute approximate surface area is 181 Å². The highest BCUT2D eigenvalue weighted by Gasteiger charge is 2.22. The summed E-state index contributed by atoms with van der Waals surface area (Å²) in [5.41, 5.74) is 1.88. The molecule has 158 valence electrons. The number of methoxy groups -OCH3 is 1. The Balaban J connectivity index is 1.88. The molecule has 0 radical (unpaired) electrons. The van der Waals surface area contributed by atoms with Crippen LogP contribution in [0.1, 0.15) is 31.4 Å². The first kappa shape index (κ1) is 23.4. The Hall–Kier alpha value is -1.90. The Bertz CT molecular complexity index is 944. The van der Waals surface area contributed by atoms with Crippen molar-refractivity contribution in [2.24, 2.45) is 0 Å². The van der Waals surface area contributed by atoms with Crippen LogP contribution in [-0.2, 0) is 27.8 Å². The normalized spacial score (nSPS) is 11.7. The quantitative estimate of drug-likeness (QED) is 0.590. The zero-order valence-corrected chi connectivity index (χ0v) is 19.5. The van der Waals surface area contributed by atoms with Crippen molar-refractivity contribution < 1.29 is 17.9 Å². The van der Waals surface area contributed by atoms with Gasteiger partial charge in [0.25, 0.3) is 0 Å². The van der Waals surface area contributed by atoms with E-state index in [1.54, 1.807) is 38.4 Å². The Morgan fingerprint density at radius 1 is 1.14 bits per heavy atom. The zero-order chi connectivity index (χ0) is 21.6. The summed E-state index contributed by atoms with van der Waals surface area (Å²) in [5.74, 6) is 0.691. The molecule has 2 aromatic carbocycles. The van der Waals surface area contributed by atoms with Crippen LogP contribution in [0.5, 0.6) is 5.75 Å². The largest absolute Gasteiger partial charge is 0.496 e. The molecule has 0 aliphatic carbocycles. The fourth-order valence-corrected chi connectivity index (χ4v) is 4.59. The maximum Gasteiger partial charge on any atom is 0.243 e. The fraction of sp³-hybridized carbons (Fsp3) is 0.381. The molecule has 0 saturated carbocycles. The summed E-state index contributed by atoms with van der Waals surface area (Å²) in [6, 6.07) is 12.2. The van der Waals surface area contributed by atoms with Crippen LogP contribution in [0.2, 0.25) is 0 Å². The molecule has 0 bridgehead atoms. The number of rotatable bonds is 9. The lowest BCUT2D eigenvalue weighted by Crippen LogP contribution is -2.33. The van der Waals surface area contributed by atoms with Gasteiger partial charge in [0.05, 0.1) is 16.5 Å². The van der Waals surface area contributed by atoms with Crippen molar-refractivity contribution in [2.45, 2.75) is 44.2 Å². The molecular formula is C21H27BrN2O4S. The van der Waals surface area contributed by atoms with Crippen LogP contribution in [0.4, 0.5) is 0 Å². The van der Waals surface area contributed by atoms with Crippen molar-refractivity contribution in [3.05, 3.63) is 58.1 Å². The molecule has 2 rings (SSSR count). The molecule has 0 fully saturated rings. The molecule has 0 spiro atoms. The second kappa shape index (κ2) is 10.2. The van der Waals surface area contributed by atoms with Gasteiger partial charge in [0.1, 0.15) is 5.75 Å². The van der Waals surface area contributed by atoms with Crippen LogP contribution in [0.25, 0.3) is 0 Å². The number of benzene rings is 2. The van der Waals surface area contributed by atoms with Gasteiger partial charge < -0.3 is 10.1 Å². The summed E-state index contributed by atoms with van der Waals surface area (Å²) < 4.78 is 32.4. The Kier molecular flexibility index (Phi) is 8.24. The maximum atomic E-state index is 12.5. The van der Waals surface area contributed by atoms with Gasteiger partial charge >= 0.3 is 0 Å². The van der Waals surface area contributed by atoms with Crippen molar-refractivity contribution in [1.29, 1.82) is 0 Å². The molecule has 6 nitrogen and oxygen atoms in total. The molecule has 0 saturated heterocycles. The molecule has 2 aromatic rings. The fourth-order valence-electron chi connectivity index (χ4n) is 2.64. The molecule has 0 atom stereocenters. The van der Waals surface area contributed by atoms with Gasteiger partial charge in [-0.3, -0.25) is 4.79 Å². The lowest BCUT2D eigenvalue weighted by molar-refractivity contribution is -0.121. The van der Waals surface area contributed by atoms with Gasteiger partial charge in [-0.05, 0) is 71.6 Å². The third kappa shape index (κ3) is 6.29. The number of halogens is 1. The summed E-state index contributed by atoms with van der Waals surface area (Å²) in [5, 5.41) is 2.87. The molecule has 29 heavy (non-hydrogen) atoms. The van der Waals surface area contributed by atoms with Crippen LogP contribution in [0.3, 0.4) is 0 Å². The Morgan fingerprint density at radius 2 is 1.76 bits per heavy atom. The molecule has 1 amide bonds. The average molecular weight is 483 g/mol. The van der Waals surface area contributed by atoms with Gasteiger partial charge in [-0.2, -0.15) is 4.31 Å². The molecule has 0 aromatic heterocycles. The molecule has 8 heteroatoms. The molecule has 1 N–H and O–H groups in total. The van der Waals surface area contributed by atoms with E-state index in [4.69, 9.17) is 4.74 Å². The Morgan fingerprint density at radius 3 is 2.31 bits per heavy atom. The van der Waals surface area contributed by atoms with E-state index in [1.165, 1.54) is 4.31 Å². The first-order chi connectivity index (χ1) is 13.6. The van der Waals surface area contributed by atoms with Crippen LogP contribution in [0.15, 0.2) is 51.8 Å². The van der Waals surface area contributed by atoms with Gasteiger partial charge in [-0.1, -0.05) is 18.2 Å². The highest BCUT2D eigenvalue weighted by Crippen LogP contribution is 2.26. The van der Waals surface area contributed by atoms with E-state index in [-0.39, 0.29) is 16.8 Å². The minimum atomic E-state index is -3.50. The smallest absolute Gasteiger partial charge is 0.243 e. The highest BCUT2D eigenvalue weighted by atomic mass is 79.9. The standard InChI is InChI=1S/C21H27BrN2O4S/c1-15(2)24(3)29(26,27)18-9-5-17(6-10-18)14-23-21(25)12-8-16-7-11-20(28-4)19(22)13-16/h5-7,9-11,13,15H,8,12,14H2,1-4H3,(H,23,25). The maximum absolute atomic E-state index is 12.5. The monoisotopic (exact) mass is 482 g/mol. The van der Waals surface area contributed by atoms with Crippen LogP contribution in [0, 0.1) is 0 Å². The summed E-state index contributed by atoms with van der Waals surface area (Å²) in [6.07, 6.45) is 0.984. The van der Waals surface area contributed by atoms with E-state index in [2.05, 4.69) is 21.2 Å². The van der Waals surface area contributed by atoms with Gasteiger partial charge in [-0.25, -0.2) is 8.42 Å². The zero-order valence-electron chi connectivity index (χ0n) is 17.1. The van der Waals surface area contributed by atoms with Gasteiger partial charge in [0.15, 0.2) is 0 Å². The minimum absolute atomic E-state index is 0.0619. The number of sulfonamides is 1. The van der Waals surface area contributed by atoms with Crippen molar-refractivity contribution in [3.8, 4) is 5.75 Å². The van der Waals surface area contributed by atoms with Crippen LogP contribution in [-0.4, -0.2) is 38.8 Å². The second-order valence-corrected chi connectivity index (χ2v) is 9.86. The SMILES string of the molecule is COc1ccc(CCC(=O)NCc2ccc(S(=O)(=O)N(C)C(C)C)cc2)cc1Br. The molecule has 0 heterocycles. The van der Waals surface area contributed by atoms with Gasteiger partial charge in [0.2, 0.25) is 15.9 Å².